The summed E-state index contributed by atoms with van der Waals surface area (Å²) < 4.78 is 0.978. The van der Waals surface area contributed by atoms with Gasteiger partial charge < -0.3 is 9.80 Å². The monoisotopic (exact) mass is 323 g/mol. The highest BCUT2D eigenvalue weighted by Gasteiger charge is 2.31. The molecule has 24 heavy (non-hydrogen) atoms. The van der Waals surface area contributed by atoms with Gasteiger partial charge in [0.05, 0.1) is 39.1 Å². The van der Waals surface area contributed by atoms with Crippen molar-refractivity contribution in [2.75, 3.05) is 27.2 Å². The van der Waals surface area contributed by atoms with Crippen LogP contribution in [-0.2, 0) is 4.79 Å². The van der Waals surface area contributed by atoms with Crippen molar-refractivity contribution in [2.45, 2.75) is 24.8 Å². The molecule has 1 atom stereocenters. The van der Waals surface area contributed by atoms with Gasteiger partial charge in [-0.1, -0.05) is 60.7 Å². The second-order valence-corrected chi connectivity index (χ2v) is 7.44. The van der Waals surface area contributed by atoms with Crippen molar-refractivity contribution in [3.05, 3.63) is 71.8 Å². The van der Waals surface area contributed by atoms with E-state index >= 15 is 0 Å². The first-order valence-electron chi connectivity index (χ1n) is 8.77. The quantitative estimate of drug-likeness (QED) is 0.860. The predicted octanol–water partition coefficient (Wildman–Crippen LogP) is 3.17. The van der Waals surface area contributed by atoms with Gasteiger partial charge in [0.1, 0.15) is 0 Å². The number of hydrogen-bond donors (Lipinski definition) is 1. The van der Waals surface area contributed by atoms with Gasteiger partial charge in [-0.2, -0.15) is 0 Å². The maximum absolute atomic E-state index is 13.1. The Hall–Kier alpha value is -2.13. The van der Waals surface area contributed by atoms with E-state index in [-0.39, 0.29) is 17.9 Å². The van der Waals surface area contributed by atoms with Crippen LogP contribution in [0.15, 0.2) is 60.7 Å². The highest BCUT2D eigenvalue weighted by molar-refractivity contribution is 5.87. The van der Waals surface area contributed by atoms with Gasteiger partial charge >= 0.3 is 0 Å². The molecule has 2 aromatic rings. The third kappa shape index (κ3) is 4.04. The molecule has 3 nitrogen and oxygen atoms in total. The van der Waals surface area contributed by atoms with Crippen LogP contribution in [0.5, 0.6) is 0 Å². The summed E-state index contributed by atoms with van der Waals surface area (Å²) in [4.78, 5) is 13.1. The lowest BCUT2D eigenvalue weighted by atomic mass is 9.90. The molecule has 0 radical (unpaired) electrons. The fourth-order valence-corrected chi connectivity index (χ4v) is 3.73. The SMILES string of the molecule is C[N+]1(C)CCCC(NC(=O)C(c2ccccc2)c2ccccc2)C1. The number of likely N-dealkylation sites (N-methyl/N-ethyl adjacent to an activating group) is 1. The Labute approximate surface area is 144 Å². The predicted molar refractivity (Wildman–Crippen MR) is 97.7 cm³/mol. The standard InChI is InChI=1S/C21H26N2O/c1-23(2)15-9-14-19(16-23)22-21(24)20(17-10-5-3-6-11-17)18-12-7-4-8-13-18/h3-8,10-13,19-20H,9,14-16H2,1-2H3/p+1. The lowest BCUT2D eigenvalue weighted by Gasteiger charge is -2.38. The third-order valence-corrected chi connectivity index (χ3v) is 4.91. The number of rotatable bonds is 4. The van der Waals surface area contributed by atoms with E-state index in [1.54, 1.807) is 0 Å². The number of nitrogens with zero attached hydrogens (tertiary/aromatic N) is 1. The van der Waals surface area contributed by atoms with Gasteiger partial charge in [-0.05, 0) is 24.0 Å². The molecule has 3 heteroatoms. The van der Waals surface area contributed by atoms with E-state index < -0.39 is 0 Å². The molecule has 1 amide bonds. The zero-order valence-corrected chi connectivity index (χ0v) is 14.6. The van der Waals surface area contributed by atoms with Crippen LogP contribution in [-0.4, -0.2) is 43.6 Å². The normalized spacial score (nSPS) is 19.9. The molecule has 0 spiro atoms. The van der Waals surface area contributed by atoms with Crippen molar-refractivity contribution in [2.24, 2.45) is 0 Å². The summed E-state index contributed by atoms with van der Waals surface area (Å²) in [6.45, 7) is 2.19. The zero-order valence-electron chi connectivity index (χ0n) is 14.6. The molecule has 1 saturated heterocycles. The number of carbonyl (C=O) groups is 1. The fraction of sp³-hybridized carbons (Fsp3) is 0.381. The molecule has 0 aromatic heterocycles. The van der Waals surface area contributed by atoms with Gasteiger partial charge in [0.2, 0.25) is 5.91 Å². The van der Waals surface area contributed by atoms with E-state index in [2.05, 4.69) is 19.4 Å². The maximum atomic E-state index is 13.1. The number of quaternary nitrogens is 1. The topological polar surface area (TPSA) is 29.1 Å². The number of piperidine rings is 1. The lowest BCUT2D eigenvalue weighted by molar-refractivity contribution is -0.896. The largest absolute Gasteiger partial charge is 0.347 e. The molecule has 1 N–H and O–H groups in total. The van der Waals surface area contributed by atoms with Crippen molar-refractivity contribution >= 4 is 5.91 Å². The number of hydrogen-bond acceptors (Lipinski definition) is 1. The Morgan fingerprint density at radius 2 is 1.54 bits per heavy atom. The minimum Gasteiger partial charge on any atom is -0.347 e. The van der Waals surface area contributed by atoms with Crippen molar-refractivity contribution < 1.29 is 9.28 Å². The van der Waals surface area contributed by atoms with E-state index in [0.717, 1.165) is 28.6 Å². The first-order valence-corrected chi connectivity index (χ1v) is 8.77. The van der Waals surface area contributed by atoms with Crippen molar-refractivity contribution in [3.8, 4) is 0 Å². The fourth-order valence-electron chi connectivity index (χ4n) is 3.73. The number of amides is 1. The van der Waals surface area contributed by atoms with Gasteiger partial charge in [0, 0.05) is 0 Å². The molecular weight excluding hydrogens is 296 g/mol. The number of carbonyl (C=O) groups excluding carboxylic acids is 1. The summed E-state index contributed by atoms with van der Waals surface area (Å²) >= 11 is 0. The molecule has 2 aromatic carbocycles. The Morgan fingerprint density at radius 3 is 2.04 bits per heavy atom. The van der Waals surface area contributed by atoms with Crippen LogP contribution in [0.1, 0.15) is 29.9 Å². The molecule has 126 valence electrons. The van der Waals surface area contributed by atoms with E-state index in [1.165, 1.54) is 13.0 Å². The molecular formula is C21H27N2O+. The van der Waals surface area contributed by atoms with Crippen LogP contribution >= 0.6 is 0 Å². The van der Waals surface area contributed by atoms with Gasteiger partial charge in [-0.15, -0.1) is 0 Å². The second-order valence-electron chi connectivity index (χ2n) is 7.44. The summed E-state index contributed by atoms with van der Waals surface area (Å²) in [6.07, 6.45) is 2.24. The zero-order chi connectivity index (χ0) is 17.0. The maximum Gasteiger partial charge on any atom is 0.232 e. The molecule has 1 aliphatic rings. The van der Waals surface area contributed by atoms with Crippen LogP contribution in [0.4, 0.5) is 0 Å². The second kappa shape index (κ2) is 7.18. The van der Waals surface area contributed by atoms with Crippen LogP contribution in [0, 0.1) is 0 Å². The van der Waals surface area contributed by atoms with Gasteiger partial charge in [0.15, 0.2) is 0 Å². The molecule has 1 fully saturated rings. The minimum atomic E-state index is -0.245. The lowest BCUT2D eigenvalue weighted by Crippen LogP contribution is -2.55. The summed E-state index contributed by atoms with van der Waals surface area (Å²) in [5.74, 6) is -0.135. The molecule has 0 saturated carbocycles. The highest BCUT2D eigenvalue weighted by atomic mass is 16.2. The number of nitrogens with one attached hydrogen (secondary N) is 1. The van der Waals surface area contributed by atoms with Gasteiger partial charge in [-0.25, -0.2) is 0 Å². The first-order chi connectivity index (χ1) is 11.6. The Balaban J connectivity index is 1.82. The van der Waals surface area contributed by atoms with Crippen LogP contribution < -0.4 is 5.32 Å². The smallest absolute Gasteiger partial charge is 0.232 e. The molecule has 1 aliphatic heterocycles. The average Bonchev–Trinajstić information content (AvgIpc) is 2.56. The third-order valence-electron chi connectivity index (χ3n) is 4.91. The summed E-state index contributed by atoms with van der Waals surface area (Å²) in [7, 11) is 4.48. The average molecular weight is 323 g/mol. The van der Waals surface area contributed by atoms with Crippen molar-refractivity contribution in [1.82, 2.24) is 5.32 Å². The van der Waals surface area contributed by atoms with Gasteiger partial charge in [0.25, 0.3) is 0 Å². The highest BCUT2D eigenvalue weighted by Crippen LogP contribution is 2.25. The van der Waals surface area contributed by atoms with Crippen molar-refractivity contribution in [1.29, 1.82) is 0 Å². The number of likely N-dealkylation sites (tertiary alicyclic amines) is 1. The molecule has 3 rings (SSSR count). The number of benzene rings is 2. The Morgan fingerprint density at radius 1 is 1.00 bits per heavy atom. The van der Waals surface area contributed by atoms with Crippen LogP contribution in [0.2, 0.25) is 0 Å². The van der Waals surface area contributed by atoms with E-state index in [0.29, 0.717) is 0 Å². The Kier molecular flexibility index (Phi) is 5.00. The molecule has 0 bridgehead atoms. The van der Waals surface area contributed by atoms with Crippen LogP contribution in [0.25, 0.3) is 0 Å². The van der Waals surface area contributed by atoms with Gasteiger partial charge in [-0.3, -0.25) is 4.79 Å². The summed E-state index contributed by atoms with van der Waals surface area (Å²) in [6, 6.07) is 20.4. The molecule has 0 aliphatic carbocycles. The van der Waals surface area contributed by atoms with E-state index in [1.807, 2.05) is 60.7 Å². The minimum absolute atomic E-state index is 0.110. The molecule has 1 unspecified atom stereocenters. The Bertz CT molecular complexity index is 627. The van der Waals surface area contributed by atoms with E-state index in [4.69, 9.17) is 0 Å². The van der Waals surface area contributed by atoms with E-state index in [9.17, 15) is 4.79 Å². The summed E-state index contributed by atoms with van der Waals surface area (Å²) in [5, 5.41) is 3.32. The van der Waals surface area contributed by atoms with Crippen molar-refractivity contribution in [3.63, 3.8) is 0 Å². The molecule has 1 heterocycles. The first kappa shape index (κ1) is 16.7. The van der Waals surface area contributed by atoms with Crippen LogP contribution in [0.3, 0.4) is 0 Å². The summed E-state index contributed by atoms with van der Waals surface area (Å²) in [5.41, 5.74) is 2.09.